The molecule has 0 aliphatic rings. The average molecular weight is 259 g/mol. The van der Waals surface area contributed by atoms with E-state index in [1.165, 1.54) is 0 Å². The molecule has 0 spiro atoms. The van der Waals surface area contributed by atoms with Gasteiger partial charge >= 0.3 is 0 Å². The molecule has 0 unspecified atom stereocenters. The van der Waals surface area contributed by atoms with Gasteiger partial charge in [0, 0.05) is 30.3 Å². The predicted molar refractivity (Wildman–Crippen MR) is 74.3 cm³/mol. The van der Waals surface area contributed by atoms with Gasteiger partial charge in [-0.3, -0.25) is 4.79 Å². The summed E-state index contributed by atoms with van der Waals surface area (Å²) in [5.41, 5.74) is 7.02. The van der Waals surface area contributed by atoms with Crippen LogP contribution in [0.3, 0.4) is 0 Å². The smallest absolute Gasteiger partial charge is 0.250 e. The Labute approximate surface area is 112 Å². The van der Waals surface area contributed by atoms with E-state index in [9.17, 15) is 4.79 Å². The Kier molecular flexibility index (Phi) is 4.72. The van der Waals surface area contributed by atoms with Crippen LogP contribution in [0.25, 0.3) is 5.69 Å². The molecule has 5 nitrogen and oxygen atoms in total. The zero-order valence-corrected chi connectivity index (χ0v) is 10.6. The molecule has 1 aromatic carbocycles. The number of aromatic nitrogens is 1. The number of amides is 1. The average Bonchev–Trinajstić information content (AvgIpc) is 2.93. The van der Waals surface area contributed by atoms with Crippen molar-refractivity contribution in [1.29, 1.82) is 0 Å². The summed E-state index contributed by atoms with van der Waals surface area (Å²) in [6, 6.07) is 11.5. The highest BCUT2D eigenvalue weighted by Crippen LogP contribution is 2.14. The zero-order chi connectivity index (χ0) is 13.5. The summed E-state index contributed by atoms with van der Waals surface area (Å²) < 4.78 is 7.05. The highest BCUT2D eigenvalue weighted by atomic mass is 16.5. The van der Waals surface area contributed by atoms with E-state index in [0.29, 0.717) is 13.2 Å². The molecule has 2 rings (SSSR count). The number of nitrogens with two attached hydrogens (primary N) is 1. The molecular formula is C14H17N3O2. The van der Waals surface area contributed by atoms with Gasteiger partial charge in [-0.15, -0.1) is 0 Å². The molecule has 0 fully saturated rings. The molecule has 100 valence electrons. The lowest BCUT2D eigenvalue weighted by Crippen LogP contribution is -2.20. The molecule has 0 atom stereocenters. The van der Waals surface area contributed by atoms with Crippen LogP contribution in [-0.2, 0) is 9.53 Å². The molecular weight excluding hydrogens is 242 g/mol. The van der Waals surface area contributed by atoms with Crippen LogP contribution in [0, 0.1) is 0 Å². The van der Waals surface area contributed by atoms with Crippen molar-refractivity contribution in [3.8, 4) is 5.69 Å². The summed E-state index contributed by atoms with van der Waals surface area (Å²) in [6.07, 6.45) is 3.90. The molecule has 1 amide bonds. The number of rotatable bonds is 6. The Bertz CT molecular complexity index is 523. The van der Waals surface area contributed by atoms with E-state index in [0.717, 1.165) is 11.4 Å². The molecule has 19 heavy (non-hydrogen) atoms. The normalized spacial score (nSPS) is 10.4. The van der Waals surface area contributed by atoms with Crippen molar-refractivity contribution >= 4 is 11.6 Å². The van der Waals surface area contributed by atoms with Crippen molar-refractivity contribution in [2.24, 2.45) is 5.73 Å². The van der Waals surface area contributed by atoms with Gasteiger partial charge in [0.15, 0.2) is 0 Å². The molecule has 0 saturated carbocycles. The summed E-state index contributed by atoms with van der Waals surface area (Å²) in [7, 11) is 0. The van der Waals surface area contributed by atoms with Crippen LogP contribution in [0.2, 0.25) is 0 Å². The highest BCUT2D eigenvalue weighted by Gasteiger charge is 2.03. The zero-order valence-electron chi connectivity index (χ0n) is 10.6. The predicted octanol–water partition coefficient (Wildman–Crippen LogP) is 1.39. The first-order valence-corrected chi connectivity index (χ1v) is 6.10. The fourth-order valence-corrected chi connectivity index (χ4v) is 1.70. The van der Waals surface area contributed by atoms with Crippen LogP contribution in [0.4, 0.5) is 5.69 Å². The Morgan fingerprint density at radius 3 is 2.79 bits per heavy atom. The first-order valence-electron chi connectivity index (χ1n) is 6.10. The van der Waals surface area contributed by atoms with E-state index in [2.05, 4.69) is 5.32 Å². The first-order chi connectivity index (χ1) is 9.29. The lowest BCUT2D eigenvalue weighted by atomic mass is 10.2. The van der Waals surface area contributed by atoms with Gasteiger partial charge in [0.1, 0.15) is 6.61 Å². The number of nitrogens with zero attached hydrogens (tertiary/aromatic N) is 1. The van der Waals surface area contributed by atoms with Crippen LogP contribution >= 0.6 is 0 Å². The third-order valence-electron chi connectivity index (χ3n) is 2.53. The maximum Gasteiger partial charge on any atom is 0.250 e. The van der Waals surface area contributed by atoms with Gasteiger partial charge in [-0.05, 0) is 30.3 Å². The second-order valence-corrected chi connectivity index (χ2v) is 4.03. The summed E-state index contributed by atoms with van der Waals surface area (Å²) in [5.74, 6) is -0.182. The maximum atomic E-state index is 11.6. The number of nitrogens with one attached hydrogen (secondary N) is 1. The van der Waals surface area contributed by atoms with Crippen molar-refractivity contribution in [2.45, 2.75) is 0 Å². The molecule has 1 heterocycles. The minimum Gasteiger partial charge on any atom is -0.370 e. The Balaban J connectivity index is 1.97. The van der Waals surface area contributed by atoms with Gasteiger partial charge in [0.05, 0.1) is 6.61 Å². The molecule has 0 saturated heterocycles. The quantitative estimate of drug-likeness (QED) is 0.770. The van der Waals surface area contributed by atoms with E-state index in [-0.39, 0.29) is 12.5 Å². The SMILES string of the molecule is NCCOCC(=O)Nc1cccc(-n2cccc2)c1. The fourth-order valence-electron chi connectivity index (χ4n) is 1.70. The second kappa shape index (κ2) is 6.72. The topological polar surface area (TPSA) is 69.3 Å². The first kappa shape index (κ1) is 13.3. The third-order valence-corrected chi connectivity index (χ3v) is 2.53. The number of hydrogen-bond donors (Lipinski definition) is 2. The maximum absolute atomic E-state index is 11.6. The monoisotopic (exact) mass is 259 g/mol. The number of carbonyl (C=O) groups is 1. The minimum atomic E-state index is -0.182. The Morgan fingerprint density at radius 2 is 2.05 bits per heavy atom. The molecule has 5 heteroatoms. The van der Waals surface area contributed by atoms with Gasteiger partial charge in [-0.1, -0.05) is 6.07 Å². The standard InChI is InChI=1S/C14H17N3O2/c15-6-9-19-11-14(18)16-12-4-3-5-13(10-12)17-7-1-2-8-17/h1-5,7-8,10H,6,9,11,15H2,(H,16,18). The van der Waals surface area contributed by atoms with Gasteiger partial charge in [0.2, 0.25) is 5.91 Å². The van der Waals surface area contributed by atoms with Crippen molar-refractivity contribution in [3.63, 3.8) is 0 Å². The Hall–Kier alpha value is -2.11. The largest absolute Gasteiger partial charge is 0.370 e. The minimum absolute atomic E-state index is 0.0188. The number of ether oxygens (including phenoxy) is 1. The molecule has 0 radical (unpaired) electrons. The van der Waals surface area contributed by atoms with E-state index < -0.39 is 0 Å². The Morgan fingerprint density at radius 1 is 1.26 bits per heavy atom. The van der Waals surface area contributed by atoms with Gasteiger partial charge in [0.25, 0.3) is 0 Å². The number of carbonyl (C=O) groups excluding carboxylic acids is 1. The van der Waals surface area contributed by atoms with Gasteiger partial charge in [-0.2, -0.15) is 0 Å². The molecule has 0 bridgehead atoms. The van der Waals surface area contributed by atoms with Gasteiger partial charge in [-0.25, -0.2) is 0 Å². The number of hydrogen-bond acceptors (Lipinski definition) is 3. The van der Waals surface area contributed by atoms with E-state index >= 15 is 0 Å². The third kappa shape index (κ3) is 3.94. The van der Waals surface area contributed by atoms with Crippen LogP contribution < -0.4 is 11.1 Å². The molecule has 0 aliphatic heterocycles. The van der Waals surface area contributed by atoms with E-state index in [1.54, 1.807) is 0 Å². The van der Waals surface area contributed by atoms with Crippen LogP contribution in [0.15, 0.2) is 48.8 Å². The summed E-state index contributed by atoms with van der Waals surface area (Å²) in [5, 5.41) is 2.79. The van der Waals surface area contributed by atoms with Gasteiger partial charge < -0.3 is 20.4 Å². The molecule has 0 aliphatic carbocycles. The number of anilines is 1. The summed E-state index contributed by atoms with van der Waals surface area (Å²) >= 11 is 0. The lowest BCUT2D eigenvalue weighted by Gasteiger charge is -2.08. The highest BCUT2D eigenvalue weighted by molar-refractivity contribution is 5.91. The van der Waals surface area contributed by atoms with Crippen molar-refractivity contribution in [3.05, 3.63) is 48.8 Å². The van der Waals surface area contributed by atoms with Crippen LogP contribution in [-0.4, -0.2) is 30.2 Å². The second-order valence-electron chi connectivity index (χ2n) is 4.03. The van der Waals surface area contributed by atoms with Crippen LogP contribution in [0.1, 0.15) is 0 Å². The molecule has 2 aromatic rings. The van der Waals surface area contributed by atoms with E-state index in [4.69, 9.17) is 10.5 Å². The van der Waals surface area contributed by atoms with Crippen molar-refractivity contribution < 1.29 is 9.53 Å². The number of benzene rings is 1. The summed E-state index contributed by atoms with van der Waals surface area (Å²) in [6.45, 7) is 0.818. The van der Waals surface area contributed by atoms with Crippen molar-refractivity contribution in [1.82, 2.24) is 4.57 Å². The van der Waals surface area contributed by atoms with Crippen molar-refractivity contribution in [2.75, 3.05) is 25.1 Å². The van der Waals surface area contributed by atoms with E-state index in [1.807, 2.05) is 53.4 Å². The van der Waals surface area contributed by atoms with Crippen LogP contribution in [0.5, 0.6) is 0 Å². The fraction of sp³-hybridized carbons (Fsp3) is 0.214. The summed E-state index contributed by atoms with van der Waals surface area (Å²) in [4.78, 5) is 11.6. The lowest BCUT2D eigenvalue weighted by molar-refractivity contribution is -0.120. The molecule has 1 aromatic heterocycles. The molecule has 3 N–H and O–H groups in total.